The Balaban J connectivity index is 1.83. The summed E-state index contributed by atoms with van der Waals surface area (Å²) in [6.07, 6.45) is 1.34. The van der Waals surface area contributed by atoms with E-state index in [-0.39, 0.29) is 23.5 Å². The number of anilines is 1. The SMILES string of the molecule is CCn1nnc2c(=O)n(CC(=O)Nc3ccccc3)cnc21. The minimum absolute atomic E-state index is 0.129. The lowest BCUT2D eigenvalue weighted by Crippen LogP contribution is -2.28. The number of nitrogens with one attached hydrogen (secondary N) is 1. The van der Waals surface area contributed by atoms with Gasteiger partial charge in [0, 0.05) is 12.2 Å². The average molecular weight is 298 g/mol. The molecule has 1 aromatic carbocycles. The van der Waals surface area contributed by atoms with Crippen molar-refractivity contribution >= 4 is 22.8 Å². The van der Waals surface area contributed by atoms with Gasteiger partial charge in [-0.25, -0.2) is 9.67 Å². The van der Waals surface area contributed by atoms with Crippen molar-refractivity contribution in [1.29, 1.82) is 0 Å². The first-order chi connectivity index (χ1) is 10.7. The van der Waals surface area contributed by atoms with Crippen molar-refractivity contribution < 1.29 is 4.79 Å². The normalized spacial score (nSPS) is 10.8. The standard InChI is InChI=1S/C14H14N6O2/c1-2-20-13-12(17-18-20)14(22)19(9-15-13)8-11(21)16-10-6-4-3-5-7-10/h3-7,9H,2,8H2,1H3,(H,16,21). The highest BCUT2D eigenvalue weighted by Gasteiger charge is 2.13. The monoisotopic (exact) mass is 298 g/mol. The molecule has 8 nitrogen and oxygen atoms in total. The third kappa shape index (κ3) is 2.58. The van der Waals surface area contributed by atoms with Crippen LogP contribution in [0.4, 0.5) is 5.69 Å². The summed E-state index contributed by atoms with van der Waals surface area (Å²) < 4.78 is 2.75. The molecule has 3 aromatic rings. The molecule has 0 unspecified atom stereocenters. The van der Waals surface area contributed by atoms with Crippen molar-refractivity contribution in [3.63, 3.8) is 0 Å². The molecule has 0 radical (unpaired) electrons. The molecule has 8 heteroatoms. The zero-order chi connectivity index (χ0) is 15.5. The Morgan fingerprint density at radius 3 is 2.77 bits per heavy atom. The van der Waals surface area contributed by atoms with E-state index in [9.17, 15) is 9.59 Å². The van der Waals surface area contributed by atoms with E-state index in [0.29, 0.717) is 17.9 Å². The number of aryl methyl sites for hydroxylation is 1. The highest BCUT2D eigenvalue weighted by atomic mass is 16.2. The Hall–Kier alpha value is -3.03. The first-order valence-corrected chi connectivity index (χ1v) is 6.82. The fourth-order valence-corrected chi connectivity index (χ4v) is 2.09. The smallest absolute Gasteiger partial charge is 0.283 e. The van der Waals surface area contributed by atoms with E-state index < -0.39 is 0 Å². The number of rotatable bonds is 4. The molecule has 0 spiro atoms. The molecule has 0 aliphatic heterocycles. The number of aromatic nitrogens is 5. The van der Waals surface area contributed by atoms with Crippen LogP contribution >= 0.6 is 0 Å². The van der Waals surface area contributed by atoms with E-state index in [4.69, 9.17) is 0 Å². The minimum atomic E-state index is -0.382. The Morgan fingerprint density at radius 1 is 1.27 bits per heavy atom. The summed E-state index contributed by atoms with van der Waals surface area (Å²) in [7, 11) is 0. The van der Waals surface area contributed by atoms with Crippen LogP contribution in [-0.2, 0) is 17.9 Å². The van der Waals surface area contributed by atoms with Crippen molar-refractivity contribution in [1.82, 2.24) is 24.5 Å². The molecule has 22 heavy (non-hydrogen) atoms. The lowest BCUT2D eigenvalue weighted by atomic mass is 10.3. The quantitative estimate of drug-likeness (QED) is 0.763. The van der Waals surface area contributed by atoms with Gasteiger partial charge in [0.15, 0.2) is 11.2 Å². The molecule has 1 amide bonds. The maximum Gasteiger partial charge on any atom is 0.283 e. The Bertz CT molecular complexity index is 868. The van der Waals surface area contributed by atoms with Gasteiger partial charge in [-0.05, 0) is 19.1 Å². The summed E-state index contributed by atoms with van der Waals surface area (Å²) in [5.74, 6) is -0.308. The highest BCUT2D eigenvalue weighted by molar-refractivity contribution is 5.90. The molecule has 0 fully saturated rings. The molecule has 2 heterocycles. The summed E-state index contributed by atoms with van der Waals surface area (Å²) in [5.41, 5.74) is 0.878. The summed E-state index contributed by atoms with van der Waals surface area (Å²) in [6, 6.07) is 9.04. The van der Waals surface area contributed by atoms with Crippen molar-refractivity contribution in [2.45, 2.75) is 20.0 Å². The molecule has 0 aliphatic rings. The maximum absolute atomic E-state index is 12.3. The van der Waals surface area contributed by atoms with Gasteiger partial charge in [-0.2, -0.15) is 0 Å². The molecule has 1 N–H and O–H groups in total. The summed E-state index contributed by atoms with van der Waals surface area (Å²) in [6.45, 7) is 2.33. The number of benzene rings is 1. The second-order valence-electron chi connectivity index (χ2n) is 4.67. The molecule has 3 rings (SSSR count). The molecule has 2 aromatic heterocycles. The number of hydrogen-bond donors (Lipinski definition) is 1. The molecule has 0 bridgehead atoms. The van der Waals surface area contributed by atoms with E-state index in [1.165, 1.54) is 15.6 Å². The van der Waals surface area contributed by atoms with Crippen LogP contribution in [0.25, 0.3) is 11.2 Å². The fourth-order valence-electron chi connectivity index (χ4n) is 2.09. The van der Waals surface area contributed by atoms with Gasteiger partial charge >= 0.3 is 0 Å². The van der Waals surface area contributed by atoms with E-state index in [1.807, 2.05) is 25.1 Å². The predicted octanol–water partition coefficient (Wildman–Crippen LogP) is 0.647. The van der Waals surface area contributed by atoms with Crippen LogP contribution < -0.4 is 10.9 Å². The van der Waals surface area contributed by atoms with Gasteiger partial charge in [-0.3, -0.25) is 14.2 Å². The van der Waals surface area contributed by atoms with E-state index in [1.54, 1.807) is 12.1 Å². The van der Waals surface area contributed by atoms with E-state index in [0.717, 1.165) is 0 Å². The summed E-state index contributed by atoms with van der Waals surface area (Å²) >= 11 is 0. The van der Waals surface area contributed by atoms with Gasteiger partial charge in [-0.15, -0.1) is 5.10 Å². The van der Waals surface area contributed by atoms with Gasteiger partial charge in [-0.1, -0.05) is 23.4 Å². The van der Waals surface area contributed by atoms with Crippen LogP contribution in [0.1, 0.15) is 6.92 Å². The molecule has 0 saturated heterocycles. The number of fused-ring (bicyclic) bond motifs is 1. The second kappa shape index (κ2) is 5.76. The number of nitrogens with zero attached hydrogens (tertiary/aromatic N) is 5. The lowest BCUT2D eigenvalue weighted by Gasteiger charge is -2.06. The van der Waals surface area contributed by atoms with Gasteiger partial charge < -0.3 is 5.32 Å². The third-order valence-electron chi connectivity index (χ3n) is 3.16. The van der Waals surface area contributed by atoms with E-state index >= 15 is 0 Å². The first kappa shape index (κ1) is 13.9. The molecule has 0 aliphatic carbocycles. The molecule has 112 valence electrons. The number of hydrogen-bond acceptors (Lipinski definition) is 5. The third-order valence-corrected chi connectivity index (χ3v) is 3.16. The fraction of sp³-hybridized carbons (Fsp3) is 0.214. The first-order valence-electron chi connectivity index (χ1n) is 6.82. The zero-order valence-corrected chi connectivity index (χ0v) is 11.9. The second-order valence-corrected chi connectivity index (χ2v) is 4.67. The van der Waals surface area contributed by atoms with Gasteiger partial charge in [0.05, 0.1) is 0 Å². The highest BCUT2D eigenvalue weighted by Crippen LogP contribution is 2.05. The number of carbonyl (C=O) groups is 1. The Labute approximate surface area is 125 Å². The maximum atomic E-state index is 12.3. The van der Waals surface area contributed by atoms with Crippen LogP contribution in [0.15, 0.2) is 41.5 Å². The largest absolute Gasteiger partial charge is 0.325 e. The van der Waals surface area contributed by atoms with Gasteiger partial charge in [0.2, 0.25) is 5.91 Å². The van der Waals surface area contributed by atoms with Crippen LogP contribution in [0.5, 0.6) is 0 Å². The molecular weight excluding hydrogens is 284 g/mol. The summed E-state index contributed by atoms with van der Waals surface area (Å²) in [4.78, 5) is 28.4. The zero-order valence-electron chi connectivity index (χ0n) is 11.9. The van der Waals surface area contributed by atoms with Gasteiger partial charge in [0.1, 0.15) is 12.9 Å². The van der Waals surface area contributed by atoms with Crippen LogP contribution in [-0.4, -0.2) is 30.5 Å². The average Bonchev–Trinajstić information content (AvgIpc) is 2.95. The van der Waals surface area contributed by atoms with Crippen LogP contribution in [0, 0.1) is 0 Å². The number of amides is 1. The van der Waals surface area contributed by atoms with Crippen molar-refractivity contribution in [2.24, 2.45) is 0 Å². The Morgan fingerprint density at radius 2 is 2.05 bits per heavy atom. The van der Waals surface area contributed by atoms with Gasteiger partial charge in [0.25, 0.3) is 5.56 Å². The molecule has 0 atom stereocenters. The van der Waals surface area contributed by atoms with Crippen molar-refractivity contribution in [3.05, 3.63) is 47.0 Å². The van der Waals surface area contributed by atoms with Crippen LogP contribution in [0.3, 0.4) is 0 Å². The topological polar surface area (TPSA) is 94.7 Å². The lowest BCUT2D eigenvalue weighted by molar-refractivity contribution is -0.116. The van der Waals surface area contributed by atoms with Crippen LogP contribution in [0.2, 0.25) is 0 Å². The molecular formula is C14H14N6O2. The number of carbonyl (C=O) groups excluding carboxylic acids is 1. The predicted molar refractivity (Wildman–Crippen MR) is 80.3 cm³/mol. The summed E-state index contributed by atoms with van der Waals surface area (Å²) in [5, 5.41) is 10.4. The number of para-hydroxylation sites is 1. The van der Waals surface area contributed by atoms with Crippen molar-refractivity contribution in [3.8, 4) is 0 Å². The Kier molecular flexibility index (Phi) is 3.65. The van der Waals surface area contributed by atoms with Crippen molar-refractivity contribution in [2.75, 3.05) is 5.32 Å². The molecule has 0 saturated carbocycles. The minimum Gasteiger partial charge on any atom is -0.325 e. The van der Waals surface area contributed by atoms with E-state index in [2.05, 4.69) is 20.6 Å².